The van der Waals surface area contributed by atoms with Gasteiger partial charge in [-0.25, -0.2) is 14.4 Å². The number of aryl methyl sites for hydroxylation is 1. The minimum Gasteiger partial charge on any atom is -0.336 e. The highest BCUT2D eigenvalue weighted by Crippen LogP contribution is 2.26. The summed E-state index contributed by atoms with van der Waals surface area (Å²) >= 11 is 5.93. The molecule has 6 nitrogen and oxygen atoms in total. The van der Waals surface area contributed by atoms with Gasteiger partial charge in [-0.2, -0.15) is 5.10 Å². The quantitative estimate of drug-likeness (QED) is 0.562. The van der Waals surface area contributed by atoms with Crippen LogP contribution in [0.4, 0.5) is 15.9 Å². The van der Waals surface area contributed by atoms with Crippen molar-refractivity contribution < 1.29 is 4.39 Å². The molecule has 3 heterocycles. The van der Waals surface area contributed by atoms with Gasteiger partial charge in [-0.3, -0.25) is 4.57 Å². The van der Waals surface area contributed by atoms with E-state index in [-0.39, 0.29) is 5.69 Å². The molecule has 124 valence electrons. The van der Waals surface area contributed by atoms with E-state index in [0.29, 0.717) is 27.8 Å². The monoisotopic (exact) mass is 354 g/mol. The molecule has 3 aromatic heterocycles. The summed E-state index contributed by atoms with van der Waals surface area (Å²) in [5.41, 5.74) is 2.27. The van der Waals surface area contributed by atoms with Crippen molar-refractivity contribution in [2.45, 2.75) is 6.92 Å². The van der Waals surface area contributed by atoms with Crippen LogP contribution in [-0.4, -0.2) is 24.7 Å². The lowest BCUT2D eigenvalue weighted by atomic mass is 10.2. The molecular weight excluding hydrogens is 343 g/mol. The highest BCUT2D eigenvalue weighted by molar-refractivity contribution is 6.29. The van der Waals surface area contributed by atoms with Crippen LogP contribution in [0.15, 0.2) is 48.8 Å². The molecule has 1 aromatic carbocycles. The first-order chi connectivity index (χ1) is 12.1. The number of imidazole rings is 1. The summed E-state index contributed by atoms with van der Waals surface area (Å²) in [6, 6.07) is 11.8. The molecule has 4 aromatic rings. The molecule has 0 atom stereocenters. The first kappa shape index (κ1) is 15.5. The van der Waals surface area contributed by atoms with Crippen LogP contribution in [0.2, 0.25) is 5.15 Å². The molecule has 0 aliphatic heterocycles. The maximum absolute atomic E-state index is 14.5. The van der Waals surface area contributed by atoms with E-state index in [1.54, 1.807) is 47.3 Å². The van der Waals surface area contributed by atoms with Gasteiger partial charge >= 0.3 is 0 Å². The Kier molecular flexibility index (Phi) is 3.77. The highest BCUT2D eigenvalue weighted by Gasteiger charge is 2.12. The predicted molar refractivity (Wildman–Crippen MR) is 93.9 cm³/mol. The standard InChI is InChI=1S/C17H12ClFN6/c1-10-5-6-16(24-23-10)21-12-8-13-14(7-11(12)19)25(9-20-13)17-4-2-3-15(18)22-17/h2-9H,1H3,(H,21,24). The molecule has 0 radical (unpaired) electrons. The molecule has 0 aliphatic rings. The topological polar surface area (TPSA) is 68.5 Å². The average Bonchev–Trinajstić information content (AvgIpc) is 3.00. The summed E-state index contributed by atoms with van der Waals surface area (Å²) in [5, 5.41) is 11.2. The van der Waals surface area contributed by atoms with Gasteiger partial charge < -0.3 is 5.32 Å². The third-order valence-corrected chi connectivity index (χ3v) is 3.85. The van der Waals surface area contributed by atoms with E-state index in [4.69, 9.17) is 11.6 Å². The molecule has 0 saturated heterocycles. The summed E-state index contributed by atoms with van der Waals surface area (Å²) in [4.78, 5) is 8.55. The van der Waals surface area contributed by atoms with Crippen LogP contribution in [0.5, 0.6) is 0 Å². The van der Waals surface area contributed by atoms with Crippen molar-refractivity contribution in [1.82, 2.24) is 24.7 Å². The fourth-order valence-electron chi connectivity index (χ4n) is 2.44. The Morgan fingerprint density at radius 1 is 1.12 bits per heavy atom. The molecular formula is C17H12ClFN6. The first-order valence-electron chi connectivity index (χ1n) is 7.47. The summed E-state index contributed by atoms with van der Waals surface area (Å²) < 4.78 is 16.2. The summed E-state index contributed by atoms with van der Waals surface area (Å²) in [6.07, 6.45) is 1.58. The van der Waals surface area contributed by atoms with E-state index in [1.165, 1.54) is 6.07 Å². The lowest BCUT2D eigenvalue weighted by Gasteiger charge is -2.08. The van der Waals surface area contributed by atoms with Crippen molar-refractivity contribution in [1.29, 1.82) is 0 Å². The third-order valence-electron chi connectivity index (χ3n) is 3.64. The van der Waals surface area contributed by atoms with Crippen molar-refractivity contribution in [2.75, 3.05) is 5.32 Å². The number of halogens is 2. The van der Waals surface area contributed by atoms with E-state index < -0.39 is 5.82 Å². The van der Waals surface area contributed by atoms with E-state index in [1.807, 2.05) is 6.92 Å². The van der Waals surface area contributed by atoms with Gasteiger partial charge in [-0.05, 0) is 37.3 Å². The molecule has 25 heavy (non-hydrogen) atoms. The van der Waals surface area contributed by atoms with Crippen LogP contribution in [0.1, 0.15) is 5.69 Å². The second-order valence-electron chi connectivity index (χ2n) is 5.44. The number of hydrogen-bond donors (Lipinski definition) is 1. The summed E-state index contributed by atoms with van der Waals surface area (Å²) in [5.74, 6) is 0.595. The normalized spacial score (nSPS) is 11.0. The number of pyridine rings is 1. The van der Waals surface area contributed by atoms with Crippen molar-refractivity contribution >= 4 is 34.1 Å². The smallest absolute Gasteiger partial charge is 0.153 e. The summed E-state index contributed by atoms with van der Waals surface area (Å²) in [6.45, 7) is 1.83. The van der Waals surface area contributed by atoms with Gasteiger partial charge in [0.2, 0.25) is 0 Å². The summed E-state index contributed by atoms with van der Waals surface area (Å²) in [7, 11) is 0. The number of anilines is 2. The molecule has 1 N–H and O–H groups in total. The van der Waals surface area contributed by atoms with Gasteiger partial charge in [-0.1, -0.05) is 17.7 Å². The van der Waals surface area contributed by atoms with Gasteiger partial charge in [0, 0.05) is 6.07 Å². The van der Waals surface area contributed by atoms with Crippen LogP contribution >= 0.6 is 11.6 Å². The molecule has 0 bridgehead atoms. The van der Waals surface area contributed by atoms with Gasteiger partial charge in [0.25, 0.3) is 0 Å². The minimum absolute atomic E-state index is 0.273. The van der Waals surface area contributed by atoms with Crippen LogP contribution in [0.25, 0.3) is 16.9 Å². The average molecular weight is 355 g/mol. The van der Waals surface area contributed by atoms with Crippen molar-refractivity contribution in [3.8, 4) is 5.82 Å². The molecule has 0 amide bonds. The Morgan fingerprint density at radius 3 is 2.76 bits per heavy atom. The van der Waals surface area contributed by atoms with Crippen LogP contribution in [0, 0.1) is 12.7 Å². The number of benzene rings is 1. The number of aromatic nitrogens is 5. The molecule has 8 heteroatoms. The zero-order valence-electron chi connectivity index (χ0n) is 13.1. The number of fused-ring (bicyclic) bond motifs is 1. The molecule has 0 unspecified atom stereocenters. The Morgan fingerprint density at radius 2 is 2.00 bits per heavy atom. The fraction of sp³-hybridized carbons (Fsp3) is 0.0588. The molecule has 0 fully saturated rings. The number of hydrogen-bond acceptors (Lipinski definition) is 5. The van der Waals surface area contributed by atoms with Crippen LogP contribution in [-0.2, 0) is 0 Å². The fourth-order valence-corrected chi connectivity index (χ4v) is 2.60. The maximum atomic E-state index is 14.5. The van der Waals surface area contributed by atoms with Gasteiger partial charge in [0.05, 0.1) is 22.4 Å². The largest absolute Gasteiger partial charge is 0.336 e. The Bertz CT molecular complexity index is 1060. The molecule has 0 spiro atoms. The lowest BCUT2D eigenvalue weighted by Crippen LogP contribution is -1.99. The van der Waals surface area contributed by atoms with E-state index in [2.05, 4.69) is 25.5 Å². The second kappa shape index (κ2) is 6.10. The maximum Gasteiger partial charge on any atom is 0.153 e. The first-order valence-corrected chi connectivity index (χ1v) is 7.85. The van der Waals surface area contributed by atoms with Crippen molar-refractivity contribution in [2.24, 2.45) is 0 Å². The lowest BCUT2D eigenvalue weighted by molar-refractivity contribution is 0.633. The minimum atomic E-state index is -0.432. The zero-order valence-corrected chi connectivity index (χ0v) is 13.9. The van der Waals surface area contributed by atoms with Gasteiger partial charge in [0.1, 0.15) is 23.1 Å². The Hall–Kier alpha value is -3.06. The van der Waals surface area contributed by atoms with E-state index in [0.717, 1.165) is 5.69 Å². The van der Waals surface area contributed by atoms with Crippen LogP contribution in [0.3, 0.4) is 0 Å². The molecule has 4 rings (SSSR count). The highest BCUT2D eigenvalue weighted by atomic mass is 35.5. The van der Waals surface area contributed by atoms with E-state index in [9.17, 15) is 4.39 Å². The van der Waals surface area contributed by atoms with Gasteiger partial charge in [0.15, 0.2) is 5.82 Å². The SMILES string of the molecule is Cc1ccc(Nc2cc3ncn(-c4cccc(Cl)n4)c3cc2F)nn1. The van der Waals surface area contributed by atoms with Crippen LogP contribution < -0.4 is 5.32 Å². The number of nitrogens with zero attached hydrogens (tertiary/aromatic N) is 5. The second-order valence-corrected chi connectivity index (χ2v) is 5.83. The number of rotatable bonds is 3. The predicted octanol–water partition coefficient (Wildman–Crippen LogP) is 4.06. The zero-order chi connectivity index (χ0) is 17.4. The Labute approximate surface area is 147 Å². The third kappa shape index (κ3) is 3.01. The Balaban J connectivity index is 1.75. The van der Waals surface area contributed by atoms with Crippen molar-refractivity contribution in [3.63, 3.8) is 0 Å². The van der Waals surface area contributed by atoms with Crippen molar-refractivity contribution in [3.05, 3.63) is 65.5 Å². The molecule has 0 saturated carbocycles. The van der Waals surface area contributed by atoms with Gasteiger partial charge in [-0.15, -0.1) is 5.10 Å². The van der Waals surface area contributed by atoms with E-state index >= 15 is 0 Å². The molecule has 0 aliphatic carbocycles. The number of nitrogens with one attached hydrogen (secondary N) is 1.